The van der Waals surface area contributed by atoms with Crippen LogP contribution in [0.1, 0.15) is 0 Å². The Labute approximate surface area is 117 Å². The molecule has 0 saturated heterocycles. The van der Waals surface area contributed by atoms with Crippen LogP contribution >= 0.6 is 0 Å². The number of benzene rings is 2. The molecule has 1 heterocycles. The molecule has 4 nitrogen and oxygen atoms in total. The summed E-state index contributed by atoms with van der Waals surface area (Å²) in [5, 5.41) is 4.29. The summed E-state index contributed by atoms with van der Waals surface area (Å²) in [7, 11) is 1.65. The first-order valence-electron chi connectivity index (χ1n) is 6.32. The van der Waals surface area contributed by atoms with Crippen LogP contribution in [0.15, 0.2) is 54.6 Å². The van der Waals surface area contributed by atoms with E-state index in [2.05, 4.69) is 10.3 Å². The zero-order chi connectivity index (χ0) is 13.9. The number of fused-ring (bicyclic) bond motifs is 1. The van der Waals surface area contributed by atoms with Gasteiger partial charge in [-0.1, -0.05) is 6.07 Å². The number of methoxy groups -OCH3 is 1. The lowest BCUT2D eigenvalue weighted by atomic mass is 10.2. The summed E-state index contributed by atoms with van der Waals surface area (Å²) in [6, 6.07) is 17.4. The zero-order valence-corrected chi connectivity index (χ0v) is 11.1. The summed E-state index contributed by atoms with van der Waals surface area (Å²) in [6.07, 6.45) is 0. The molecule has 0 aliphatic heterocycles. The van der Waals surface area contributed by atoms with Crippen molar-refractivity contribution in [2.24, 2.45) is 0 Å². The van der Waals surface area contributed by atoms with Crippen LogP contribution in [0.4, 0.5) is 17.2 Å². The Morgan fingerprint density at radius 3 is 2.80 bits per heavy atom. The van der Waals surface area contributed by atoms with Crippen LogP contribution in [0.2, 0.25) is 0 Å². The predicted molar refractivity (Wildman–Crippen MR) is 82.4 cm³/mol. The molecule has 0 spiro atoms. The van der Waals surface area contributed by atoms with E-state index in [0.29, 0.717) is 0 Å². The Kier molecular flexibility index (Phi) is 3.13. The van der Waals surface area contributed by atoms with Crippen LogP contribution in [0, 0.1) is 0 Å². The molecule has 0 amide bonds. The Bertz CT molecular complexity index is 756. The minimum atomic E-state index is 0.743. The van der Waals surface area contributed by atoms with Crippen molar-refractivity contribution >= 4 is 28.1 Å². The molecule has 3 aromatic rings. The molecule has 0 saturated carbocycles. The topological polar surface area (TPSA) is 60.2 Å². The smallest absolute Gasteiger partial charge is 0.131 e. The molecule has 0 aliphatic rings. The first kappa shape index (κ1) is 12.3. The number of pyridine rings is 1. The van der Waals surface area contributed by atoms with E-state index in [1.165, 1.54) is 0 Å². The highest BCUT2D eigenvalue weighted by Crippen LogP contribution is 2.22. The summed E-state index contributed by atoms with van der Waals surface area (Å²) in [6.45, 7) is 0. The lowest BCUT2D eigenvalue weighted by Crippen LogP contribution is -1.94. The van der Waals surface area contributed by atoms with Crippen LogP contribution in [-0.4, -0.2) is 12.1 Å². The van der Waals surface area contributed by atoms with E-state index < -0.39 is 0 Å². The molecule has 3 rings (SSSR count). The van der Waals surface area contributed by atoms with Gasteiger partial charge < -0.3 is 15.8 Å². The maximum Gasteiger partial charge on any atom is 0.131 e. The molecule has 100 valence electrons. The fourth-order valence-corrected chi connectivity index (χ4v) is 2.06. The molecule has 0 unspecified atom stereocenters. The molecular weight excluding hydrogens is 250 g/mol. The first-order valence-corrected chi connectivity index (χ1v) is 6.32. The average molecular weight is 265 g/mol. The van der Waals surface area contributed by atoms with Crippen LogP contribution in [0.5, 0.6) is 5.75 Å². The third-order valence-electron chi connectivity index (χ3n) is 3.06. The third kappa shape index (κ3) is 2.49. The van der Waals surface area contributed by atoms with Gasteiger partial charge in [-0.2, -0.15) is 0 Å². The molecule has 2 aromatic carbocycles. The van der Waals surface area contributed by atoms with Crippen molar-refractivity contribution in [2.45, 2.75) is 0 Å². The van der Waals surface area contributed by atoms with Crippen LogP contribution < -0.4 is 15.8 Å². The van der Waals surface area contributed by atoms with E-state index in [1.807, 2.05) is 54.6 Å². The average Bonchev–Trinajstić information content (AvgIpc) is 2.47. The van der Waals surface area contributed by atoms with Crippen molar-refractivity contribution in [1.29, 1.82) is 0 Å². The Balaban J connectivity index is 1.92. The number of anilines is 3. The van der Waals surface area contributed by atoms with Gasteiger partial charge in [-0.3, -0.25) is 0 Å². The lowest BCUT2D eigenvalue weighted by molar-refractivity contribution is 0.415. The third-order valence-corrected chi connectivity index (χ3v) is 3.06. The van der Waals surface area contributed by atoms with Crippen molar-refractivity contribution in [1.82, 2.24) is 4.98 Å². The van der Waals surface area contributed by atoms with E-state index in [4.69, 9.17) is 10.5 Å². The Morgan fingerprint density at radius 2 is 1.95 bits per heavy atom. The van der Waals surface area contributed by atoms with E-state index in [-0.39, 0.29) is 0 Å². The second kappa shape index (κ2) is 5.09. The van der Waals surface area contributed by atoms with Crippen LogP contribution in [0.3, 0.4) is 0 Å². The quantitative estimate of drug-likeness (QED) is 0.711. The monoisotopic (exact) mass is 265 g/mol. The van der Waals surface area contributed by atoms with E-state index in [1.54, 1.807) is 7.11 Å². The molecular formula is C16H15N3O. The van der Waals surface area contributed by atoms with Crippen molar-refractivity contribution in [3.63, 3.8) is 0 Å². The number of ether oxygens (including phenoxy) is 1. The largest absolute Gasteiger partial charge is 0.497 e. The van der Waals surface area contributed by atoms with Gasteiger partial charge in [0.25, 0.3) is 0 Å². The fraction of sp³-hybridized carbons (Fsp3) is 0.0625. The van der Waals surface area contributed by atoms with Gasteiger partial charge in [0, 0.05) is 22.8 Å². The van der Waals surface area contributed by atoms with Crippen molar-refractivity contribution < 1.29 is 4.74 Å². The highest BCUT2D eigenvalue weighted by molar-refractivity contribution is 5.83. The van der Waals surface area contributed by atoms with Crippen LogP contribution in [-0.2, 0) is 0 Å². The fourth-order valence-electron chi connectivity index (χ4n) is 2.06. The molecule has 0 aliphatic carbocycles. The molecule has 1 aromatic heterocycles. The van der Waals surface area contributed by atoms with E-state index >= 15 is 0 Å². The number of aromatic nitrogens is 1. The summed E-state index contributed by atoms with van der Waals surface area (Å²) < 4.78 is 5.20. The minimum Gasteiger partial charge on any atom is -0.497 e. The standard InChI is InChI=1S/C16H15N3O/c1-20-14-4-2-3-13(10-14)18-16-8-5-11-9-12(17)6-7-15(11)19-16/h2-10H,17H2,1H3,(H,18,19). The van der Waals surface area contributed by atoms with Gasteiger partial charge in [-0.25, -0.2) is 4.98 Å². The highest BCUT2D eigenvalue weighted by atomic mass is 16.5. The lowest BCUT2D eigenvalue weighted by Gasteiger charge is -2.08. The molecule has 4 heteroatoms. The normalized spacial score (nSPS) is 10.4. The molecule has 3 N–H and O–H groups in total. The number of nitrogens with zero attached hydrogens (tertiary/aromatic N) is 1. The summed E-state index contributed by atoms with van der Waals surface area (Å²) in [4.78, 5) is 4.56. The highest BCUT2D eigenvalue weighted by Gasteiger charge is 2.01. The number of nitrogens with one attached hydrogen (secondary N) is 1. The molecule has 0 atom stereocenters. The van der Waals surface area contributed by atoms with Crippen LogP contribution in [0.25, 0.3) is 10.9 Å². The summed E-state index contributed by atoms with van der Waals surface area (Å²) in [5.41, 5.74) is 8.35. The molecule has 20 heavy (non-hydrogen) atoms. The minimum absolute atomic E-state index is 0.743. The maximum absolute atomic E-state index is 5.76. The number of rotatable bonds is 3. The van der Waals surface area contributed by atoms with Gasteiger partial charge in [-0.05, 0) is 42.5 Å². The summed E-state index contributed by atoms with van der Waals surface area (Å²) in [5.74, 6) is 1.60. The predicted octanol–water partition coefficient (Wildman–Crippen LogP) is 3.57. The Morgan fingerprint density at radius 1 is 1.05 bits per heavy atom. The maximum atomic E-state index is 5.76. The van der Waals surface area contributed by atoms with Crippen molar-refractivity contribution in [3.8, 4) is 5.75 Å². The van der Waals surface area contributed by atoms with Gasteiger partial charge in [0.1, 0.15) is 11.6 Å². The van der Waals surface area contributed by atoms with Gasteiger partial charge in [0.15, 0.2) is 0 Å². The van der Waals surface area contributed by atoms with Gasteiger partial charge in [0.05, 0.1) is 12.6 Å². The van der Waals surface area contributed by atoms with Crippen molar-refractivity contribution in [2.75, 3.05) is 18.2 Å². The molecule has 0 bridgehead atoms. The van der Waals surface area contributed by atoms with Gasteiger partial charge in [0.2, 0.25) is 0 Å². The zero-order valence-electron chi connectivity index (χ0n) is 11.1. The number of hydrogen-bond donors (Lipinski definition) is 2. The second-order valence-corrected chi connectivity index (χ2v) is 4.51. The summed E-state index contributed by atoms with van der Waals surface area (Å²) >= 11 is 0. The van der Waals surface area contributed by atoms with E-state index in [9.17, 15) is 0 Å². The SMILES string of the molecule is COc1cccc(Nc2ccc3cc(N)ccc3n2)c1. The second-order valence-electron chi connectivity index (χ2n) is 4.51. The van der Waals surface area contributed by atoms with Gasteiger partial charge in [-0.15, -0.1) is 0 Å². The van der Waals surface area contributed by atoms with Gasteiger partial charge >= 0.3 is 0 Å². The van der Waals surface area contributed by atoms with Crippen molar-refractivity contribution in [3.05, 3.63) is 54.6 Å². The number of nitrogens with two attached hydrogens (primary N) is 1. The number of hydrogen-bond acceptors (Lipinski definition) is 4. The first-order chi connectivity index (χ1) is 9.74. The molecule has 0 fully saturated rings. The Hall–Kier alpha value is -2.75. The van der Waals surface area contributed by atoms with E-state index in [0.717, 1.165) is 33.8 Å². The number of nitrogen functional groups attached to an aromatic ring is 1. The molecule has 0 radical (unpaired) electrons.